The van der Waals surface area contributed by atoms with Gasteiger partial charge in [-0.2, -0.15) is 0 Å². The Balaban J connectivity index is 2.34. The van der Waals surface area contributed by atoms with Crippen LogP contribution in [0.15, 0.2) is 36.4 Å². The zero-order valence-electron chi connectivity index (χ0n) is 10.5. The van der Waals surface area contributed by atoms with Crippen molar-refractivity contribution in [2.24, 2.45) is 0 Å². The molecule has 0 fully saturated rings. The lowest BCUT2D eigenvalue weighted by Gasteiger charge is -2.09. The van der Waals surface area contributed by atoms with Gasteiger partial charge in [0.05, 0.1) is 0 Å². The monoisotopic (exact) mass is 262 g/mol. The van der Waals surface area contributed by atoms with Crippen molar-refractivity contribution in [3.05, 3.63) is 59.2 Å². The van der Waals surface area contributed by atoms with Gasteiger partial charge in [-0.25, -0.2) is 8.78 Å². The van der Waals surface area contributed by atoms with Crippen LogP contribution in [0.3, 0.4) is 0 Å². The zero-order valence-corrected chi connectivity index (χ0v) is 10.5. The Kier molecular flexibility index (Phi) is 3.60. The average Bonchev–Trinajstić information content (AvgIpc) is 2.37. The fourth-order valence-electron chi connectivity index (χ4n) is 1.62. The van der Waals surface area contributed by atoms with Crippen LogP contribution in [-0.4, -0.2) is 5.78 Å². The number of Topliss-reactive ketones (excluding diaryl/α,β-unsaturated/α-hetero) is 1. The highest BCUT2D eigenvalue weighted by Gasteiger charge is 2.11. The molecule has 0 aliphatic rings. The van der Waals surface area contributed by atoms with Gasteiger partial charge < -0.3 is 4.74 Å². The smallest absolute Gasteiger partial charge is 0.168 e. The number of rotatable bonds is 3. The van der Waals surface area contributed by atoms with Crippen LogP contribution in [0.4, 0.5) is 8.78 Å². The summed E-state index contributed by atoms with van der Waals surface area (Å²) in [6.07, 6.45) is 0. The molecule has 2 nitrogen and oxygen atoms in total. The molecule has 0 amide bonds. The fraction of sp³-hybridized carbons (Fsp3) is 0.133. The van der Waals surface area contributed by atoms with E-state index in [9.17, 15) is 13.6 Å². The molecule has 2 rings (SSSR count). The summed E-state index contributed by atoms with van der Waals surface area (Å²) in [5.41, 5.74) is 0.660. The second kappa shape index (κ2) is 5.18. The van der Waals surface area contributed by atoms with Crippen molar-refractivity contribution in [3.63, 3.8) is 0 Å². The van der Waals surface area contributed by atoms with Crippen LogP contribution < -0.4 is 4.74 Å². The van der Waals surface area contributed by atoms with Crippen LogP contribution >= 0.6 is 0 Å². The number of aryl methyl sites for hydroxylation is 1. The number of ketones is 1. The van der Waals surface area contributed by atoms with Crippen molar-refractivity contribution in [2.75, 3.05) is 0 Å². The number of benzene rings is 2. The third kappa shape index (κ3) is 2.78. The standard InChI is InChI=1S/C15H12F2O2/c1-9-4-3-5-14(15(9)17)19-13-7-6-11(10(2)18)8-12(13)16/h3-8H,1-2H3. The summed E-state index contributed by atoms with van der Waals surface area (Å²) in [5, 5.41) is 0. The highest BCUT2D eigenvalue weighted by atomic mass is 19.1. The molecule has 0 radical (unpaired) electrons. The minimum absolute atomic E-state index is 0.0468. The SMILES string of the molecule is CC(=O)c1ccc(Oc2cccc(C)c2F)c(F)c1. The Hall–Kier alpha value is -2.23. The van der Waals surface area contributed by atoms with Crippen LogP contribution in [0, 0.1) is 18.6 Å². The molecule has 2 aromatic rings. The molecule has 0 spiro atoms. The van der Waals surface area contributed by atoms with Crippen molar-refractivity contribution in [1.82, 2.24) is 0 Å². The third-order valence-corrected chi connectivity index (χ3v) is 2.71. The maximum absolute atomic E-state index is 13.7. The Morgan fingerprint density at radius 3 is 2.47 bits per heavy atom. The van der Waals surface area contributed by atoms with Crippen molar-refractivity contribution in [1.29, 1.82) is 0 Å². The number of halogens is 2. The molecular weight excluding hydrogens is 250 g/mol. The molecule has 0 atom stereocenters. The van der Waals surface area contributed by atoms with E-state index in [1.54, 1.807) is 19.1 Å². The maximum Gasteiger partial charge on any atom is 0.168 e. The van der Waals surface area contributed by atoms with Gasteiger partial charge in [-0.3, -0.25) is 4.79 Å². The van der Waals surface area contributed by atoms with Crippen molar-refractivity contribution in [2.45, 2.75) is 13.8 Å². The summed E-state index contributed by atoms with van der Waals surface area (Å²) in [6, 6.07) is 8.46. The lowest BCUT2D eigenvalue weighted by Crippen LogP contribution is -1.96. The Labute approximate surface area is 109 Å². The van der Waals surface area contributed by atoms with Crippen molar-refractivity contribution < 1.29 is 18.3 Å². The predicted octanol–water partition coefficient (Wildman–Crippen LogP) is 4.27. The van der Waals surface area contributed by atoms with Crippen LogP contribution in [0.2, 0.25) is 0 Å². The number of carbonyl (C=O) groups excluding carboxylic acids is 1. The van der Waals surface area contributed by atoms with Crippen molar-refractivity contribution >= 4 is 5.78 Å². The van der Waals surface area contributed by atoms with Gasteiger partial charge in [0.2, 0.25) is 0 Å². The summed E-state index contributed by atoms with van der Waals surface area (Å²) in [4.78, 5) is 11.1. The van der Waals surface area contributed by atoms with Gasteiger partial charge in [0.25, 0.3) is 0 Å². The highest BCUT2D eigenvalue weighted by Crippen LogP contribution is 2.28. The van der Waals surface area contributed by atoms with E-state index in [1.165, 1.54) is 25.1 Å². The molecule has 19 heavy (non-hydrogen) atoms. The second-order valence-electron chi connectivity index (χ2n) is 4.19. The third-order valence-electron chi connectivity index (χ3n) is 2.71. The van der Waals surface area contributed by atoms with Crippen LogP contribution in [-0.2, 0) is 0 Å². The summed E-state index contributed by atoms with van der Waals surface area (Å²) in [5.74, 6) is -1.64. The Bertz CT molecular complexity index is 636. The summed E-state index contributed by atoms with van der Waals surface area (Å²) >= 11 is 0. The molecule has 2 aromatic carbocycles. The number of hydrogen-bond acceptors (Lipinski definition) is 2. The van der Waals surface area contributed by atoms with E-state index >= 15 is 0 Å². The Morgan fingerprint density at radius 1 is 1.11 bits per heavy atom. The Morgan fingerprint density at radius 2 is 1.84 bits per heavy atom. The van der Waals surface area contributed by atoms with E-state index in [-0.39, 0.29) is 22.8 Å². The molecule has 0 aromatic heterocycles. The van der Waals surface area contributed by atoms with Crippen LogP contribution in [0.1, 0.15) is 22.8 Å². The molecule has 4 heteroatoms. The first-order valence-electron chi connectivity index (χ1n) is 5.72. The number of ether oxygens (including phenoxy) is 1. The minimum atomic E-state index is -0.700. The van der Waals surface area contributed by atoms with E-state index in [2.05, 4.69) is 0 Å². The van der Waals surface area contributed by atoms with E-state index in [1.807, 2.05) is 0 Å². The average molecular weight is 262 g/mol. The van der Waals surface area contributed by atoms with Crippen LogP contribution in [0.25, 0.3) is 0 Å². The molecule has 0 aliphatic heterocycles. The van der Waals surface area contributed by atoms with Gasteiger partial charge in [-0.1, -0.05) is 12.1 Å². The summed E-state index contributed by atoms with van der Waals surface area (Å²) in [6.45, 7) is 2.94. The predicted molar refractivity (Wildman–Crippen MR) is 67.6 cm³/mol. The first-order chi connectivity index (χ1) is 8.99. The number of carbonyl (C=O) groups is 1. The van der Waals surface area contributed by atoms with Gasteiger partial charge in [-0.05, 0) is 43.7 Å². The minimum Gasteiger partial charge on any atom is -0.451 e. The fourth-order valence-corrected chi connectivity index (χ4v) is 1.62. The lowest BCUT2D eigenvalue weighted by molar-refractivity contribution is 0.101. The molecule has 0 saturated carbocycles. The quantitative estimate of drug-likeness (QED) is 0.772. The van der Waals surface area contributed by atoms with Gasteiger partial charge in [0.1, 0.15) is 0 Å². The second-order valence-corrected chi connectivity index (χ2v) is 4.19. The normalized spacial score (nSPS) is 10.3. The molecule has 0 aliphatic carbocycles. The molecular formula is C15H12F2O2. The van der Waals surface area contributed by atoms with E-state index in [4.69, 9.17) is 4.74 Å². The first-order valence-corrected chi connectivity index (χ1v) is 5.72. The molecule has 0 bridgehead atoms. The largest absolute Gasteiger partial charge is 0.451 e. The molecule has 98 valence electrons. The van der Waals surface area contributed by atoms with Crippen LogP contribution in [0.5, 0.6) is 11.5 Å². The topological polar surface area (TPSA) is 26.3 Å². The zero-order chi connectivity index (χ0) is 14.0. The number of hydrogen-bond donors (Lipinski definition) is 0. The molecule has 0 saturated heterocycles. The maximum atomic E-state index is 13.7. The first kappa shape index (κ1) is 13.2. The summed E-state index contributed by atoms with van der Waals surface area (Å²) < 4.78 is 32.6. The van der Waals surface area contributed by atoms with Crippen molar-refractivity contribution in [3.8, 4) is 11.5 Å². The molecule has 0 heterocycles. The van der Waals surface area contributed by atoms with E-state index in [0.717, 1.165) is 6.07 Å². The van der Waals surface area contributed by atoms with E-state index in [0.29, 0.717) is 5.56 Å². The van der Waals surface area contributed by atoms with Gasteiger partial charge >= 0.3 is 0 Å². The van der Waals surface area contributed by atoms with Gasteiger partial charge in [0.15, 0.2) is 28.9 Å². The van der Waals surface area contributed by atoms with Gasteiger partial charge in [-0.15, -0.1) is 0 Å². The summed E-state index contributed by atoms with van der Waals surface area (Å²) in [7, 11) is 0. The lowest BCUT2D eigenvalue weighted by atomic mass is 10.1. The molecule has 0 N–H and O–H groups in total. The highest BCUT2D eigenvalue weighted by molar-refractivity contribution is 5.94. The van der Waals surface area contributed by atoms with E-state index < -0.39 is 11.6 Å². The molecule has 0 unspecified atom stereocenters. The van der Waals surface area contributed by atoms with Gasteiger partial charge in [0, 0.05) is 5.56 Å².